The van der Waals surface area contributed by atoms with Crippen LogP contribution in [0.25, 0.3) is 11.3 Å². The zero-order valence-electron chi connectivity index (χ0n) is 17.1. The Morgan fingerprint density at radius 1 is 0.931 bits per heavy atom. The summed E-state index contributed by atoms with van der Waals surface area (Å²) in [5.41, 5.74) is 2.57. The summed E-state index contributed by atoms with van der Waals surface area (Å²) in [5.74, 6) is 2.60. The van der Waals surface area contributed by atoms with Crippen molar-refractivity contribution < 1.29 is 9.47 Å². The van der Waals surface area contributed by atoms with Crippen molar-refractivity contribution in [1.29, 1.82) is 0 Å². The quantitative estimate of drug-likeness (QED) is 0.572. The van der Waals surface area contributed by atoms with Crippen LogP contribution in [0.4, 0.5) is 17.5 Å². The standard InChI is InChI=1S/C21H26N6O2/c1-27(2)10-9-23-21-25-19(15-5-7-22-8-6-15)14-20(26-21)24-16-11-17(28-3)13-18(12-16)29-4/h5-8,11-14H,9-10H2,1-4H3,(H2,23,24,25,26). The molecule has 0 unspecified atom stereocenters. The topological polar surface area (TPSA) is 84.4 Å². The van der Waals surface area contributed by atoms with Gasteiger partial charge in [0.05, 0.1) is 19.9 Å². The first kappa shape index (κ1) is 20.3. The lowest BCUT2D eigenvalue weighted by Gasteiger charge is -2.14. The van der Waals surface area contributed by atoms with Crippen LogP contribution in [-0.4, -0.2) is 61.3 Å². The Hall–Kier alpha value is -3.39. The molecule has 2 heterocycles. The summed E-state index contributed by atoms with van der Waals surface area (Å²) >= 11 is 0. The average molecular weight is 394 g/mol. The molecule has 2 N–H and O–H groups in total. The number of nitrogens with zero attached hydrogens (tertiary/aromatic N) is 4. The van der Waals surface area contributed by atoms with E-state index in [-0.39, 0.29) is 0 Å². The number of aromatic nitrogens is 3. The van der Waals surface area contributed by atoms with Gasteiger partial charge in [-0.05, 0) is 26.2 Å². The molecule has 0 radical (unpaired) electrons. The predicted molar refractivity (Wildman–Crippen MR) is 115 cm³/mol. The van der Waals surface area contributed by atoms with E-state index in [1.807, 2.05) is 50.5 Å². The monoisotopic (exact) mass is 394 g/mol. The number of nitrogens with one attached hydrogen (secondary N) is 2. The molecule has 0 aliphatic heterocycles. The maximum absolute atomic E-state index is 5.35. The zero-order chi connectivity index (χ0) is 20.6. The largest absolute Gasteiger partial charge is 0.497 e. The van der Waals surface area contributed by atoms with E-state index in [1.54, 1.807) is 26.6 Å². The normalized spacial score (nSPS) is 10.7. The number of likely N-dealkylation sites (N-methyl/N-ethyl adjacent to an activating group) is 1. The summed E-state index contributed by atoms with van der Waals surface area (Å²) < 4.78 is 10.7. The molecule has 152 valence electrons. The van der Waals surface area contributed by atoms with Crippen LogP contribution in [0.15, 0.2) is 48.8 Å². The van der Waals surface area contributed by atoms with Gasteiger partial charge in [-0.3, -0.25) is 4.98 Å². The second-order valence-electron chi connectivity index (χ2n) is 6.65. The SMILES string of the molecule is COc1cc(Nc2cc(-c3ccncc3)nc(NCCN(C)C)n2)cc(OC)c1. The molecule has 8 heteroatoms. The molecule has 29 heavy (non-hydrogen) atoms. The number of rotatable bonds is 9. The number of pyridine rings is 1. The summed E-state index contributed by atoms with van der Waals surface area (Å²) in [7, 11) is 7.30. The van der Waals surface area contributed by atoms with Gasteiger partial charge in [-0.2, -0.15) is 4.98 Å². The van der Waals surface area contributed by atoms with Gasteiger partial charge in [0.15, 0.2) is 0 Å². The Morgan fingerprint density at radius 2 is 1.62 bits per heavy atom. The highest BCUT2D eigenvalue weighted by atomic mass is 16.5. The molecule has 0 spiro atoms. The minimum absolute atomic E-state index is 0.554. The van der Waals surface area contributed by atoms with Crippen LogP contribution in [0, 0.1) is 0 Å². The van der Waals surface area contributed by atoms with E-state index in [1.165, 1.54) is 0 Å². The van der Waals surface area contributed by atoms with Crippen molar-refractivity contribution in [2.45, 2.75) is 0 Å². The number of anilines is 3. The molecule has 8 nitrogen and oxygen atoms in total. The first-order valence-corrected chi connectivity index (χ1v) is 9.25. The highest BCUT2D eigenvalue weighted by Gasteiger charge is 2.09. The van der Waals surface area contributed by atoms with E-state index in [9.17, 15) is 0 Å². The van der Waals surface area contributed by atoms with Gasteiger partial charge in [-0.15, -0.1) is 0 Å². The van der Waals surface area contributed by atoms with Gasteiger partial charge >= 0.3 is 0 Å². The molecule has 0 saturated heterocycles. The minimum atomic E-state index is 0.554. The Labute approximate surface area is 170 Å². The van der Waals surface area contributed by atoms with E-state index < -0.39 is 0 Å². The molecule has 0 atom stereocenters. The van der Waals surface area contributed by atoms with Gasteiger partial charge in [-0.1, -0.05) is 0 Å². The third-order valence-electron chi connectivity index (χ3n) is 4.17. The van der Waals surface area contributed by atoms with Gasteiger partial charge in [0, 0.05) is 61.0 Å². The van der Waals surface area contributed by atoms with Crippen LogP contribution in [-0.2, 0) is 0 Å². The highest BCUT2D eigenvalue weighted by molar-refractivity contribution is 5.68. The smallest absolute Gasteiger partial charge is 0.225 e. The van der Waals surface area contributed by atoms with Crippen LogP contribution < -0.4 is 20.1 Å². The fourth-order valence-corrected chi connectivity index (χ4v) is 2.68. The number of benzene rings is 1. The van der Waals surface area contributed by atoms with Crippen LogP contribution in [0.5, 0.6) is 11.5 Å². The number of ether oxygens (including phenoxy) is 2. The van der Waals surface area contributed by atoms with Gasteiger partial charge in [-0.25, -0.2) is 4.98 Å². The second-order valence-corrected chi connectivity index (χ2v) is 6.65. The first-order valence-electron chi connectivity index (χ1n) is 9.25. The Bertz CT molecular complexity index is 911. The Balaban J connectivity index is 1.92. The molecule has 1 aromatic carbocycles. The maximum atomic E-state index is 5.35. The van der Waals surface area contributed by atoms with Crippen molar-refractivity contribution in [2.24, 2.45) is 0 Å². The van der Waals surface area contributed by atoms with Crippen molar-refractivity contribution >= 4 is 17.5 Å². The molecule has 0 aliphatic carbocycles. The fourth-order valence-electron chi connectivity index (χ4n) is 2.68. The van der Waals surface area contributed by atoms with Crippen molar-refractivity contribution in [2.75, 3.05) is 52.0 Å². The molecule has 0 bridgehead atoms. The van der Waals surface area contributed by atoms with Crippen molar-refractivity contribution in [1.82, 2.24) is 19.9 Å². The molecule has 3 aromatic rings. The van der Waals surface area contributed by atoms with Crippen molar-refractivity contribution in [3.8, 4) is 22.8 Å². The lowest BCUT2D eigenvalue weighted by atomic mass is 10.2. The Morgan fingerprint density at radius 3 is 2.24 bits per heavy atom. The Kier molecular flexibility index (Phi) is 6.80. The summed E-state index contributed by atoms with van der Waals surface area (Å²) in [5, 5.41) is 6.61. The third kappa shape index (κ3) is 5.79. The van der Waals surface area contributed by atoms with E-state index in [0.717, 1.165) is 30.0 Å². The minimum Gasteiger partial charge on any atom is -0.497 e. The summed E-state index contributed by atoms with van der Waals surface area (Å²) in [6.07, 6.45) is 3.49. The van der Waals surface area contributed by atoms with Crippen molar-refractivity contribution in [3.63, 3.8) is 0 Å². The zero-order valence-corrected chi connectivity index (χ0v) is 17.1. The molecule has 2 aromatic heterocycles. The first-order chi connectivity index (χ1) is 14.1. The number of hydrogen-bond acceptors (Lipinski definition) is 8. The summed E-state index contributed by atoms with van der Waals surface area (Å²) in [6, 6.07) is 11.3. The van der Waals surface area contributed by atoms with E-state index in [0.29, 0.717) is 23.3 Å². The lowest BCUT2D eigenvalue weighted by molar-refractivity contribution is 0.395. The molecular weight excluding hydrogens is 368 g/mol. The number of hydrogen-bond donors (Lipinski definition) is 2. The van der Waals surface area contributed by atoms with Gasteiger partial charge in [0.2, 0.25) is 5.95 Å². The van der Waals surface area contributed by atoms with Crippen molar-refractivity contribution in [3.05, 3.63) is 48.8 Å². The summed E-state index contributed by atoms with van der Waals surface area (Å²) in [6.45, 7) is 1.61. The summed E-state index contributed by atoms with van der Waals surface area (Å²) in [4.78, 5) is 15.4. The van der Waals surface area contributed by atoms with E-state index in [4.69, 9.17) is 9.47 Å². The molecule has 0 saturated carbocycles. The van der Waals surface area contributed by atoms with E-state index in [2.05, 4.69) is 30.5 Å². The van der Waals surface area contributed by atoms with Crippen LogP contribution in [0.3, 0.4) is 0 Å². The van der Waals surface area contributed by atoms with Gasteiger partial charge in [0.25, 0.3) is 0 Å². The molecular formula is C21H26N6O2. The third-order valence-corrected chi connectivity index (χ3v) is 4.17. The van der Waals surface area contributed by atoms with Crippen LogP contribution >= 0.6 is 0 Å². The van der Waals surface area contributed by atoms with E-state index >= 15 is 0 Å². The fraction of sp³-hybridized carbons (Fsp3) is 0.286. The highest BCUT2D eigenvalue weighted by Crippen LogP contribution is 2.29. The maximum Gasteiger partial charge on any atom is 0.225 e. The molecule has 0 aliphatic rings. The van der Waals surface area contributed by atoms with Gasteiger partial charge in [0.1, 0.15) is 17.3 Å². The van der Waals surface area contributed by atoms with Crippen LogP contribution in [0.2, 0.25) is 0 Å². The number of methoxy groups -OCH3 is 2. The molecule has 0 fully saturated rings. The second kappa shape index (κ2) is 9.70. The van der Waals surface area contributed by atoms with Gasteiger partial charge < -0.3 is 25.0 Å². The molecule has 3 rings (SSSR count). The predicted octanol–water partition coefficient (Wildman–Crippen LogP) is 3.27. The average Bonchev–Trinajstić information content (AvgIpc) is 2.73. The van der Waals surface area contributed by atoms with Crippen LogP contribution in [0.1, 0.15) is 0 Å². The lowest BCUT2D eigenvalue weighted by Crippen LogP contribution is -2.21. The molecule has 0 amide bonds.